The van der Waals surface area contributed by atoms with Crippen LogP contribution in [0.5, 0.6) is 5.75 Å². The summed E-state index contributed by atoms with van der Waals surface area (Å²) < 4.78 is 0. The summed E-state index contributed by atoms with van der Waals surface area (Å²) in [5.41, 5.74) is 0. The summed E-state index contributed by atoms with van der Waals surface area (Å²) in [4.78, 5) is 0.486. The Morgan fingerprint density at radius 2 is 2.27 bits per heavy atom. The Balaban J connectivity index is 3.05. The topological polar surface area (TPSA) is 44.0 Å². The van der Waals surface area contributed by atoms with Gasteiger partial charge >= 0.3 is 0 Å². The molecule has 2 nitrogen and oxygen atoms in total. The van der Waals surface area contributed by atoms with Crippen LogP contribution < -0.4 is 0 Å². The van der Waals surface area contributed by atoms with Gasteiger partial charge in [-0.15, -0.1) is 0 Å². The molecular formula is C7H4ClNOS. The van der Waals surface area contributed by atoms with E-state index in [0.29, 0.717) is 9.92 Å². The van der Waals surface area contributed by atoms with Crippen molar-refractivity contribution in [3.8, 4) is 11.2 Å². The minimum atomic E-state index is 0.0842. The van der Waals surface area contributed by atoms with Crippen molar-refractivity contribution in [3.63, 3.8) is 0 Å². The number of thiocyanates is 1. The molecular weight excluding hydrogens is 182 g/mol. The van der Waals surface area contributed by atoms with Crippen LogP contribution >= 0.6 is 23.4 Å². The zero-order valence-corrected chi connectivity index (χ0v) is 6.99. The average Bonchev–Trinajstić information content (AvgIpc) is 1.98. The van der Waals surface area contributed by atoms with Gasteiger partial charge in [-0.2, -0.15) is 5.26 Å². The molecule has 0 aliphatic carbocycles. The van der Waals surface area contributed by atoms with Crippen LogP contribution in [0.3, 0.4) is 0 Å². The number of thioether (sulfide) groups is 1. The maximum absolute atomic E-state index is 9.14. The van der Waals surface area contributed by atoms with Gasteiger partial charge in [0.2, 0.25) is 0 Å². The van der Waals surface area contributed by atoms with Crippen molar-refractivity contribution in [2.75, 3.05) is 0 Å². The molecule has 0 aliphatic heterocycles. The molecule has 0 spiro atoms. The predicted molar refractivity (Wildman–Crippen MR) is 44.6 cm³/mol. The normalized spacial score (nSPS) is 9.09. The molecule has 11 heavy (non-hydrogen) atoms. The first-order valence-corrected chi connectivity index (χ1v) is 3.98. The zero-order valence-electron chi connectivity index (χ0n) is 5.41. The minimum Gasteiger partial charge on any atom is -0.507 e. The van der Waals surface area contributed by atoms with Crippen LogP contribution in [0.1, 0.15) is 0 Å². The second-order valence-corrected chi connectivity index (χ2v) is 3.07. The molecule has 1 N–H and O–H groups in total. The van der Waals surface area contributed by atoms with E-state index in [9.17, 15) is 0 Å². The lowest BCUT2D eigenvalue weighted by molar-refractivity contribution is 0.462. The standard InChI is InChI=1S/C7H4ClNOS/c8-5-1-2-6(10)7(3-5)11-4-9/h1-3,10H. The summed E-state index contributed by atoms with van der Waals surface area (Å²) in [7, 11) is 0. The summed E-state index contributed by atoms with van der Waals surface area (Å²) in [6, 6.07) is 4.57. The molecule has 56 valence electrons. The number of rotatable bonds is 1. The van der Waals surface area contributed by atoms with Gasteiger partial charge in [0.15, 0.2) is 0 Å². The van der Waals surface area contributed by atoms with E-state index in [1.165, 1.54) is 6.07 Å². The van der Waals surface area contributed by atoms with Gasteiger partial charge in [-0.25, -0.2) is 0 Å². The van der Waals surface area contributed by atoms with Gasteiger partial charge < -0.3 is 5.11 Å². The number of nitrogens with zero attached hydrogens (tertiary/aromatic N) is 1. The molecule has 0 aromatic heterocycles. The highest BCUT2D eigenvalue weighted by atomic mass is 35.5. The zero-order chi connectivity index (χ0) is 8.27. The first-order chi connectivity index (χ1) is 5.24. The lowest BCUT2D eigenvalue weighted by Crippen LogP contribution is -1.71. The molecule has 1 aromatic rings. The Kier molecular flexibility index (Phi) is 2.64. The Morgan fingerprint density at radius 1 is 1.55 bits per heavy atom. The Bertz CT molecular complexity index is 308. The van der Waals surface area contributed by atoms with E-state index >= 15 is 0 Å². The number of aromatic hydroxyl groups is 1. The number of phenolic OH excluding ortho intramolecular Hbond substituents is 1. The van der Waals surface area contributed by atoms with Crippen molar-refractivity contribution in [1.29, 1.82) is 5.26 Å². The summed E-state index contributed by atoms with van der Waals surface area (Å²) in [5.74, 6) is 0.0842. The molecule has 0 heterocycles. The van der Waals surface area contributed by atoms with E-state index in [4.69, 9.17) is 22.0 Å². The second-order valence-electron chi connectivity index (χ2n) is 1.81. The van der Waals surface area contributed by atoms with Crippen LogP contribution in [0.4, 0.5) is 0 Å². The molecule has 0 unspecified atom stereocenters. The molecule has 1 rings (SSSR count). The first-order valence-electron chi connectivity index (χ1n) is 2.78. The molecule has 0 aliphatic rings. The summed E-state index contributed by atoms with van der Waals surface area (Å²) in [6.45, 7) is 0. The molecule has 0 saturated carbocycles. The van der Waals surface area contributed by atoms with E-state index in [-0.39, 0.29) is 5.75 Å². The Morgan fingerprint density at radius 3 is 2.91 bits per heavy atom. The minimum absolute atomic E-state index is 0.0842. The highest BCUT2D eigenvalue weighted by Crippen LogP contribution is 2.29. The monoisotopic (exact) mass is 185 g/mol. The van der Waals surface area contributed by atoms with Crippen molar-refractivity contribution in [2.45, 2.75) is 4.90 Å². The maximum Gasteiger partial charge on any atom is 0.138 e. The van der Waals surface area contributed by atoms with Crippen LogP contribution in [0.2, 0.25) is 5.02 Å². The number of phenols is 1. The Hall–Kier alpha value is -0.850. The molecule has 0 bridgehead atoms. The number of benzene rings is 1. The Labute approximate surface area is 73.4 Å². The molecule has 0 atom stereocenters. The molecule has 0 fully saturated rings. The third kappa shape index (κ3) is 2.04. The lowest BCUT2D eigenvalue weighted by Gasteiger charge is -1.97. The third-order valence-electron chi connectivity index (χ3n) is 1.08. The van der Waals surface area contributed by atoms with Crippen molar-refractivity contribution in [2.24, 2.45) is 0 Å². The smallest absolute Gasteiger partial charge is 0.138 e. The van der Waals surface area contributed by atoms with Gasteiger partial charge in [-0.1, -0.05) is 11.6 Å². The van der Waals surface area contributed by atoms with E-state index in [2.05, 4.69) is 0 Å². The highest BCUT2D eigenvalue weighted by molar-refractivity contribution is 8.03. The van der Waals surface area contributed by atoms with Gasteiger partial charge in [0.1, 0.15) is 11.2 Å². The fourth-order valence-electron chi connectivity index (χ4n) is 0.619. The molecule has 0 radical (unpaired) electrons. The van der Waals surface area contributed by atoms with Gasteiger partial charge in [-0.05, 0) is 30.0 Å². The largest absolute Gasteiger partial charge is 0.507 e. The lowest BCUT2D eigenvalue weighted by atomic mass is 10.3. The van der Waals surface area contributed by atoms with Gasteiger partial charge in [0.25, 0.3) is 0 Å². The molecule has 0 amide bonds. The average molecular weight is 186 g/mol. The molecule has 4 heteroatoms. The third-order valence-corrected chi connectivity index (χ3v) is 1.95. The van der Waals surface area contributed by atoms with Crippen molar-refractivity contribution < 1.29 is 5.11 Å². The van der Waals surface area contributed by atoms with Crippen molar-refractivity contribution >= 4 is 23.4 Å². The molecule has 1 aromatic carbocycles. The van der Waals surface area contributed by atoms with Crippen molar-refractivity contribution in [3.05, 3.63) is 23.2 Å². The van der Waals surface area contributed by atoms with Gasteiger partial charge in [-0.3, -0.25) is 0 Å². The number of halogens is 1. The van der Waals surface area contributed by atoms with Crippen LogP contribution in [0, 0.1) is 10.7 Å². The fourth-order valence-corrected chi connectivity index (χ4v) is 1.31. The van der Waals surface area contributed by atoms with E-state index in [0.717, 1.165) is 11.8 Å². The van der Waals surface area contributed by atoms with E-state index in [1.807, 2.05) is 5.40 Å². The highest BCUT2D eigenvalue weighted by Gasteiger charge is 2.00. The fraction of sp³-hybridized carbons (Fsp3) is 0. The van der Waals surface area contributed by atoms with Crippen LogP contribution in [-0.2, 0) is 0 Å². The van der Waals surface area contributed by atoms with Crippen LogP contribution in [-0.4, -0.2) is 5.11 Å². The first kappa shape index (κ1) is 8.25. The summed E-state index contributed by atoms with van der Waals surface area (Å²) >= 11 is 6.51. The molecule has 0 saturated heterocycles. The summed E-state index contributed by atoms with van der Waals surface area (Å²) in [6.07, 6.45) is 0. The maximum atomic E-state index is 9.14. The second kappa shape index (κ2) is 3.51. The van der Waals surface area contributed by atoms with Crippen molar-refractivity contribution in [1.82, 2.24) is 0 Å². The summed E-state index contributed by atoms with van der Waals surface area (Å²) in [5, 5.41) is 19.8. The van der Waals surface area contributed by atoms with E-state index in [1.54, 1.807) is 12.1 Å². The number of hydrogen-bond acceptors (Lipinski definition) is 3. The quantitative estimate of drug-likeness (QED) is 0.540. The van der Waals surface area contributed by atoms with Crippen LogP contribution in [0.25, 0.3) is 0 Å². The predicted octanol–water partition coefficient (Wildman–Crippen LogP) is 2.62. The number of hydrogen-bond donors (Lipinski definition) is 1. The number of nitriles is 1. The van der Waals surface area contributed by atoms with Crippen LogP contribution in [0.15, 0.2) is 23.1 Å². The van der Waals surface area contributed by atoms with E-state index < -0.39 is 0 Å². The SMILES string of the molecule is N#CSc1cc(Cl)ccc1O. The van der Waals surface area contributed by atoms with Gasteiger partial charge in [0, 0.05) is 5.02 Å². The van der Waals surface area contributed by atoms with Gasteiger partial charge in [0.05, 0.1) is 4.90 Å².